The Morgan fingerprint density at radius 1 is 1.22 bits per heavy atom. The van der Waals surface area contributed by atoms with Crippen LogP contribution in [0.1, 0.15) is 13.3 Å². The van der Waals surface area contributed by atoms with Crippen LogP contribution in [0.5, 0.6) is 0 Å². The highest BCUT2D eigenvalue weighted by molar-refractivity contribution is 5.86. The van der Waals surface area contributed by atoms with Gasteiger partial charge in [-0.1, -0.05) is 36.4 Å². The smallest absolute Gasteiger partial charge is 0.407 e. The van der Waals surface area contributed by atoms with Crippen LogP contribution in [0.3, 0.4) is 0 Å². The maximum absolute atomic E-state index is 11.6. The van der Waals surface area contributed by atoms with E-state index in [1.165, 1.54) is 10.8 Å². The molecule has 1 N–H and O–H groups in total. The number of rotatable bonds is 4. The Kier molecular flexibility index (Phi) is 4.87. The van der Waals surface area contributed by atoms with Crippen LogP contribution in [-0.4, -0.2) is 41.8 Å². The molecular formula is C21H22N4O2. The van der Waals surface area contributed by atoms with Crippen LogP contribution in [0.25, 0.3) is 22.0 Å². The molecular weight excluding hydrogens is 340 g/mol. The van der Waals surface area contributed by atoms with Crippen molar-refractivity contribution in [1.82, 2.24) is 15.3 Å². The summed E-state index contributed by atoms with van der Waals surface area (Å²) < 4.78 is 4.96. The van der Waals surface area contributed by atoms with E-state index in [4.69, 9.17) is 9.72 Å². The largest absolute Gasteiger partial charge is 0.450 e. The van der Waals surface area contributed by atoms with Crippen molar-refractivity contribution in [2.75, 3.05) is 24.6 Å². The van der Waals surface area contributed by atoms with Gasteiger partial charge in [-0.15, -0.1) is 0 Å². The molecule has 0 saturated carbocycles. The summed E-state index contributed by atoms with van der Waals surface area (Å²) in [4.78, 5) is 22.9. The zero-order valence-corrected chi connectivity index (χ0v) is 15.3. The van der Waals surface area contributed by atoms with E-state index in [1.807, 2.05) is 18.2 Å². The van der Waals surface area contributed by atoms with Crippen molar-refractivity contribution in [3.8, 4) is 11.3 Å². The monoisotopic (exact) mass is 362 g/mol. The lowest BCUT2D eigenvalue weighted by atomic mass is 10.1. The molecule has 0 spiro atoms. The number of fused-ring (bicyclic) bond motifs is 1. The Labute approximate surface area is 158 Å². The van der Waals surface area contributed by atoms with Gasteiger partial charge in [0.2, 0.25) is 5.95 Å². The number of hydrogen-bond donors (Lipinski definition) is 1. The van der Waals surface area contributed by atoms with Gasteiger partial charge >= 0.3 is 6.09 Å². The molecule has 0 bridgehead atoms. The van der Waals surface area contributed by atoms with Gasteiger partial charge in [0.1, 0.15) is 0 Å². The zero-order valence-electron chi connectivity index (χ0n) is 15.3. The molecule has 0 aliphatic carbocycles. The summed E-state index contributed by atoms with van der Waals surface area (Å²) in [6, 6.07) is 16.6. The van der Waals surface area contributed by atoms with E-state index in [2.05, 4.69) is 45.5 Å². The predicted molar refractivity (Wildman–Crippen MR) is 106 cm³/mol. The Balaban J connectivity index is 1.51. The second-order valence-corrected chi connectivity index (χ2v) is 6.60. The number of nitrogens with zero attached hydrogens (tertiary/aromatic N) is 3. The summed E-state index contributed by atoms with van der Waals surface area (Å²) >= 11 is 0. The van der Waals surface area contributed by atoms with Gasteiger partial charge in [0, 0.05) is 24.8 Å². The first-order valence-corrected chi connectivity index (χ1v) is 9.23. The molecule has 6 nitrogen and oxygen atoms in total. The van der Waals surface area contributed by atoms with Crippen molar-refractivity contribution in [3.05, 3.63) is 54.7 Å². The molecule has 1 aromatic heterocycles. The lowest BCUT2D eigenvalue weighted by molar-refractivity contribution is 0.149. The number of amides is 1. The molecule has 1 aliphatic rings. The summed E-state index contributed by atoms with van der Waals surface area (Å²) in [5, 5.41) is 5.29. The Hall–Kier alpha value is -3.15. The quantitative estimate of drug-likeness (QED) is 0.768. The number of ether oxygens (including phenoxy) is 1. The van der Waals surface area contributed by atoms with Crippen LogP contribution in [0.2, 0.25) is 0 Å². The van der Waals surface area contributed by atoms with E-state index >= 15 is 0 Å². The molecule has 1 amide bonds. The van der Waals surface area contributed by atoms with Crippen LogP contribution in [0, 0.1) is 0 Å². The normalized spacial score (nSPS) is 16.5. The van der Waals surface area contributed by atoms with Gasteiger partial charge in [0.25, 0.3) is 0 Å². The van der Waals surface area contributed by atoms with Gasteiger partial charge < -0.3 is 15.0 Å². The SMILES string of the molecule is CCOC(=O)N[C@H]1CCN(c2nccc(-c3ccc4ccccc4c3)n2)C1. The molecule has 138 valence electrons. The van der Waals surface area contributed by atoms with Crippen LogP contribution in [0.4, 0.5) is 10.7 Å². The highest BCUT2D eigenvalue weighted by atomic mass is 16.5. The number of nitrogens with one attached hydrogen (secondary N) is 1. The fourth-order valence-corrected chi connectivity index (χ4v) is 3.41. The van der Waals surface area contributed by atoms with Crippen LogP contribution in [-0.2, 0) is 4.74 Å². The Bertz CT molecular complexity index is 960. The minimum absolute atomic E-state index is 0.0528. The molecule has 0 unspecified atom stereocenters. The average Bonchev–Trinajstić information content (AvgIpc) is 3.16. The van der Waals surface area contributed by atoms with Crippen LogP contribution in [0.15, 0.2) is 54.7 Å². The van der Waals surface area contributed by atoms with Crippen molar-refractivity contribution in [2.45, 2.75) is 19.4 Å². The van der Waals surface area contributed by atoms with Gasteiger partial charge in [-0.25, -0.2) is 14.8 Å². The van der Waals surface area contributed by atoms with Crippen molar-refractivity contribution in [2.24, 2.45) is 0 Å². The molecule has 3 aromatic rings. The van der Waals surface area contributed by atoms with E-state index in [9.17, 15) is 4.79 Å². The third-order valence-electron chi connectivity index (χ3n) is 4.76. The van der Waals surface area contributed by atoms with Gasteiger partial charge in [0.05, 0.1) is 18.3 Å². The third kappa shape index (κ3) is 3.84. The zero-order chi connectivity index (χ0) is 18.6. The number of hydrogen-bond acceptors (Lipinski definition) is 5. The minimum atomic E-state index is -0.366. The second kappa shape index (κ2) is 7.61. The molecule has 1 atom stereocenters. The Morgan fingerprint density at radius 2 is 2.07 bits per heavy atom. The topological polar surface area (TPSA) is 67.3 Å². The number of alkyl carbamates (subject to hydrolysis) is 1. The van der Waals surface area contributed by atoms with Crippen molar-refractivity contribution in [1.29, 1.82) is 0 Å². The summed E-state index contributed by atoms with van der Waals surface area (Å²) in [7, 11) is 0. The van der Waals surface area contributed by atoms with E-state index in [-0.39, 0.29) is 12.1 Å². The summed E-state index contributed by atoms with van der Waals surface area (Å²) in [5.41, 5.74) is 1.96. The molecule has 1 aliphatic heterocycles. The van der Waals surface area contributed by atoms with Crippen LogP contribution < -0.4 is 10.2 Å². The van der Waals surface area contributed by atoms with E-state index in [0.717, 1.165) is 24.2 Å². The van der Waals surface area contributed by atoms with Gasteiger partial charge in [-0.05, 0) is 36.2 Å². The molecule has 2 heterocycles. The van der Waals surface area contributed by atoms with Gasteiger partial charge in [0.15, 0.2) is 0 Å². The first-order chi connectivity index (χ1) is 13.2. The standard InChI is InChI=1S/C21H22N4O2/c1-2-27-21(26)23-18-10-12-25(14-18)20-22-11-9-19(24-20)17-8-7-15-5-3-4-6-16(15)13-17/h3-9,11,13,18H,2,10,12,14H2,1H3,(H,23,26)/t18-/m0/s1. The van der Waals surface area contributed by atoms with Gasteiger partial charge in [-0.2, -0.15) is 0 Å². The molecule has 6 heteroatoms. The van der Waals surface area contributed by atoms with Gasteiger partial charge in [-0.3, -0.25) is 0 Å². The molecule has 1 fully saturated rings. The summed E-state index contributed by atoms with van der Waals surface area (Å²) in [6.45, 7) is 3.66. The van der Waals surface area contributed by atoms with E-state index < -0.39 is 0 Å². The maximum atomic E-state index is 11.6. The highest BCUT2D eigenvalue weighted by Gasteiger charge is 2.26. The number of benzene rings is 2. The summed E-state index contributed by atoms with van der Waals surface area (Å²) in [5.74, 6) is 0.689. The molecule has 4 rings (SSSR count). The number of carbonyl (C=O) groups is 1. The number of carbonyl (C=O) groups excluding carboxylic acids is 1. The van der Waals surface area contributed by atoms with Crippen LogP contribution >= 0.6 is 0 Å². The Morgan fingerprint density at radius 3 is 2.93 bits per heavy atom. The predicted octanol–water partition coefficient (Wildman–Crippen LogP) is 3.62. The van der Waals surface area contributed by atoms with Crippen molar-refractivity contribution >= 4 is 22.8 Å². The van der Waals surface area contributed by atoms with E-state index in [1.54, 1.807) is 13.1 Å². The average molecular weight is 362 g/mol. The highest BCUT2D eigenvalue weighted by Crippen LogP contribution is 2.25. The minimum Gasteiger partial charge on any atom is -0.450 e. The molecule has 1 saturated heterocycles. The fourth-order valence-electron chi connectivity index (χ4n) is 3.41. The van der Waals surface area contributed by atoms with E-state index in [0.29, 0.717) is 19.1 Å². The first-order valence-electron chi connectivity index (χ1n) is 9.23. The maximum Gasteiger partial charge on any atom is 0.407 e. The lowest BCUT2D eigenvalue weighted by Gasteiger charge is -2.17. The first kappa shape index (κ1) is 17.3. The summed E-state index contributed by atoms with van der Waals surface area (Å²) in [6.07, 6.45) is 2.27. The molecule has 0 radical (unpaired) electrons. The number of anilines is 1. The van der Waals surface area contributed by atoms with Crippen molar-refractivity contribution in [3.63, 3.8) is 0 Å². The fraction of sp³-hybridized carbons (Fsp3) is 0.286. The lowest BCUT2D eigenvalue weighted by Crippen LogP contribution is -2.37. The molecule has 27 heavy (non-hydrogen) atoms. The second-order valence-electron chi connectivity index (χ2n) is 6.60. The number of aromatic nitrogens is 2. The van der Waals surface area contributed by atoms with Crippen molar-refractivity contribution < 1.29 is 9.53 Å². The molecule has 2 aromatic carbocycles. The third-order valence-corrected chi connectivity index (χ3v) is 4.76.